The number of amides is 1. The first kappa shape index (κ1) is 29.2. The van der Waals surface area contributed by atoms with Gasteiger partial charge in [-0.05, 0) is 37.1 Å². The predicted octanol–water partition coefficient (Wildman–Crippen LogP) is 1.88. The van der Waals surface area contributed by atoms with Gasteiger partial charge in [-0.15, -0.1) is 0 Å². The molecular weight excluding hydrogens is 486 g/mol. The standard InChI is InChI=1S/C26H39NO10/c1-5-34-26-19(8-10-32-12-13-33-11-9-28)20(18-6-7-21-22(14-18)36-17-35-21)15-23(37-26)25(29)27(2)16-24(30-3)31-4/h6-7,14-15,19-20,24,26,28H,5,8-13,16-17H2,1-4H3/t19-,20+,26+/m0/s1. The first-order valence-corrected chi connectivity index (χ1v) is 12.5. The van der Waals surface area contributed by atoms with Crippen LogP contribution in [0.4, 0.5) is 0 Å². The Hall–Kier alpha value is -2.41. The molecule has 3 rings (SSSR count). The Morgan fingerprint density at radius 1 is 1.11 bits per heavy atom. The smallest absolute Gasteiger partial charge is 0.288 e. The zero-order valence-electron chi connectivity index (χ0n) is 22.1. The zero-order chi connectivity index (χ0) is 26.6. The van der Waals surface area contributed by atoms with Crippen LogP contribution in [-0.4, -0.2) is 103 Å². The minimum absolute atomic E-state index is 0.0210. The molecule has 2 heterocycles. The Morgan fingerprint density at radius 3 is 2.54 bits per heavy atom. The van der Waals surface area contributed by atoms with E-state index in [-0.39, 0.29) is 50.1 Å². The van der Waals surface area contributed by atoms with Crippen molar-refractivity contribution < 1.29 is 47.8 Å². The highest BCUT2D eigenvalue weighted by molar-refractivity contribution is 5.91. The summed E-state index contributed by atoms with van der Waals surface area (Å²) in [5.74, 6) is 0.905. The summed E-state index contributed by atoms with van der Waals surface area (Å²) in [6.07, 6.45) is 1.24. The van der Waals surface area contributed by atoms with E-state index in [0.717, 1.165) is 5.56 Å². The first-order chi connectivity index (χ1) is 18.0. The monoisotopic (exact) mass is 525 g/mol. The average Bonchev–Trinajstić information content (AvgIpc) is 3.39. The van der Waals surface area contributed by atoms with Gasteiger partial charge in [0.1, 0.15) is 0 Å². The van der Waals surface area contributed by atoms with Crippen molar-refractivity contribution >= 4 is 5.91 Å². The fourth-order valence-corrected chi connectivity index (χ4v) is 4.28. The number of ether oxygens (including phenoxy) is 8. The van der Waals surface area contributed by atoms with E-state index in [1.807, 2.05) is 31.2 Å². The van der Waals surface area contributed by atoms with E-state index in [9.17, 15) is 4.79 Å². The second kappa shape index (κ2) is 15.1. The molecule has 208 valence electrons. The molecule has 0 fully saturated rings. The largest absolute Gasteiger partial charge is 0.459 e. The Bertz CT molecular complexity index is 875. The van der Waals surface area contributed by atoms with Crippen LogP contribution in [-0.2, 0) is 33.2 Å². The van der Waals surface area contributed by atoms with Gasteiger partial charge < -0.3 is 47.9 Å². The number of fused-ring (bicyclic) bond motifs is 1. The fraction of sp³-hybridized carbons (Fsp3) is 0.654. The molecule has 0 radical (unpaired) electrons. The number of hydrogen-bond donors (Lipinski definition) is 1. The molecule has 0 aromatic heterocycles. The number of hydrogen-bond acceptors (Lipinski definition) is 10. The molecule has 11 nitrogen and oxygen atoms in total. The minimum atomic E-state index is -0.660. The highest BCUT2D eigenvalue weighted by atomic mass is 16.7. The lowest BCUT2D eigenvalue weighted by atomic mass is 9.81. The maximum Gasteiger partial charge on any atom is 0.288 e. The lowest BCUT2D eigenvalue weighted by Crippen LogP contribution is -2.42. The lowest BCUT2D eigenvalue weighted by Gasteiger charge is -2.38. The summed E-state index contributed by atoms with van der Waals surface area (Å²) in [4.78, 5) is 14.8. The molecule has 1 aromatic rings. The van der Waals surface area contributed by atoms with Crippen LogP contribution in [0.3, 0.4) is 0 Å². The third-order valence-corrected chi connectivity index (χ3v) is 6.21. The SMILES string of the molecule is CCO[C@@H]1OC(C(=O)N(C)CC(OC)OC)=C[C@H](c2ccc3c(c2)OCO3)[C@@H]1CCOCCOCCO. The quantitative estimate of drug-likeness (QED) is 0.253. The Kier molecular flexibility index (Phi) is 11.9. The molecular formula is C26H39NO10. The Labute approximate surface area is 218 Å². The highest BCUT2D eigenvalue weighted by Crippen LogP contribution is 2.42. The Balaban J connectivity index is 1.82. The van der Waals surface area contributed by atoms with Gasteiger partial charge in [0.15, 0.2) is 23.5 Å². The summed E-state index contributed by atoms with van der Waals surface area (Å²) in [7, 11) is 4.71. The molecule has 1 aromatic carbocycles. The molecule has 37 heavy (non-hydrogen) atoms. The van der Waals surface area contributed by atoms with Crippen LogP contribution in [0.25, 0.3) is 0 Å². The number of carbonyl (C=O) groups is 1. The molecule has 1 amide bonds. The third kappa shape index (κ3) is 8.03. The third-order valence-electron chi connectivity index (χ3n) is 6.21. The maximum absolute atomic E-state index is 13.3. The van der Waals surface area contributed by atoms with Crippen molar-refractivity contribution in [2.24, 2.45) is 5.92 Å². The van der Waals surface area contributed by atoms with Gasteiger partial charge in [-0.3, -0.25) is 4.79 Å². The summed E-state index contributed by atoms with van der Waals surface area (Å²) in [6, 6.07) is 5.78. The molecule has 0 unspecified atom stereocenters. The topological polar surface area (TPSA) is 114 Å². The summed E-state index contributed by atoms with van der Waals surface area (Å²) < 4.78 is 44.7. The van der Waals surface area contributed by atoms with Crippen LogP contribution in [0.15, 0.2) is 30.0 Å². The van der Waals surface area contributed by atoms with Gasteiger partial charge in [0.25, 0.3) is 5.91 Å². The second-order valence-electron chi connectivity index (χ2n) is 8.60. The van der Waals surface area contributed by atoms with Crippen molar-refractivity contribution in [3.63, 3.8) is 0 Å². The van der Waals surface area contributed by atoms with Gasteiger partial charge in [0.2, 0.25) is 13.1 Å². The van der Waals surface area contributed by atoms with E-state index in [1.54, 1.807) is 7.05 Å². The van der Waals surface area contributed by atoms with Crippen molar-refractivity contribution in [3.8, 4) is 11.5 Å². The van der Waals surface area contributed by atoms with Gasteiger partial charge in [-0.1, -0.05) is 6.07 Å². The van der Waals surface area contributed by atoms with Crippen LogP contribution in [0.5, 0.6) is 11.5 Å². The van der Waals surface area contributed by atoms with Crippen LogP contribution in [0, 0.1) is 5.92 Å². The van der Waals surface area contributed by atoms with E-state index in [0.29, 0.717) is 44.3 Å². The second-order valence-corrected chi connectivity index (χ2v) is 8.60. The van der Waals surface area contributed by atoms with E-state index in [1.165, 1.54) is 19.1 Å². The molecule has 0 saturated carbocycles. The van der Waals surface area contributed by atoms with Gasteiger partial charge in [0.05, 0.1) is 33.0 Å². The molecule has 0 aliphatic carbocycles. The molecule has 2 aliphatic heterocycles. The van der Waals surface area contributed by atoms with Crippen molar-refractivity contribution in [1.29, 1.82) is 0 Å². The summed E-state index contributed by atoms with van der Waals surface area (Å²) in [5, 5.41) is 8.82. The number of carbonyl (C=O) groups excluding carboxylic acids is 1. The molecule has 2 aliphatic rings. The predicted molar refractivity (Wildman–Crippen MR) is 132 cm³/mol. The van der Waals surface area contributed by atoms with Crippen LogP contribution < -0.4 is 9.47 Å². The average molecular weight is 526 g/mol. The summed E-state index contributed by atoms with van der Waals surface area (Å²) >= 11 is 0. The Morgan fingerprint density at radius 2 is 1.84 bits per heavy atom. The number of benzene rings is 1. The normalized spacial score (nSPS) is 20.6. The molecule has 11 heteroatoms. The van der Waals surface area contributed by atoms with Crippen LogP contribution in [0.2, 0.25) is 0 Å². The molecule has 0 spiro atoms. The maximum atomic E-state index is 13.3. The first-order valence-electron chi connectivity index (χ1n) is 12.5. The number of aliphatic hydroxyl groups excluding tert-OH is 1. The van der Waals surface area contributed by atoms with Gasteiger partial charge >= 0.3 is 0 Å². The molecule has 0 saturated heterocycles. The number of allylic oxidation sites excluding steroid dienone is 1. The number of likely N-dealkylation sites (N-methyl/N-ethyl adjacent to an activating group) is 1. The van der Waals surface area contributed by atoms with Crippen LogP contribution in [0.1, 0.15) is 24.8 Å². The number of aliphatic hydroxyl groups is 1. The number of methoxy groups -OCH3 is 2. The van der Waals surface area contributed by atoms with Gasteiger partial charge in [0, 0.05) is 46.3 Å². The molecule has 3 atom stereocenters. The van der Waals surface area contributed by atoms with Crippen molar-refractivity contribution in [1.82, 2.24) is 4.90 Å². The van der Waals surface area contributed by atoms with E-state index < -0.39 is 12.6 Å². The van der Waals surface area contributed by atoms with Gasteiger partial charge in [-0.2, -0.15) is 0 Å². The molecule has 1 N–H and O–H groups in total. The summed E-state index contributed by atoms with van der Waals surface area (Å²) in [6.45, 7) is 4.22. The number of rotatable bonds is 16. The van der Waals surface area contributed by atoms with E-state index in [2.05, 4.69) is 0 Å². The van der Waals surface area contributed by atoms with Gasteiger partial charge in [-0.25, -0.2) is 0 Å². The van der Waals surface area contributed by atoms with Crippen molar-refractivity contribution in [2.75, 3.05) is 74.2 Å². The van der Waals surface area contributed by atoms with Crippen LogP contribution >= 0.6 is 0 Å². The molecule has 0 bridgehead atoms. The highest BCUT2D eigenvalue weighted by Gasteiger charge is 2.39. The van der Waals surface area contributed by atoms with Crippen molar-refractivity contribution in [3.05, 3.63) is 35.6 Å². The lowest BCUT2D eigenvalue weighted by molar-refractivity contribution is -0.174. The van der Waals surface area contributed by atoms with E-state index >= 15 is 0 Å². The summed E-state index contributed by atoms with van der Waals surface area (Å²) in [5.41, 5.74) is 0.952. The van der Waals surface area contributed by atoms with E-state index in [4.69, 9.17) is 43.0 Å². The fourth-order valence-electron chi connectivity index (χ4n) is 4.28. The van der Waals surface area contributed by atoms with Crippen molar-refractivity contribution in [2.45, 2.75) is 31.8 Å². The number of nitrogens with zero attached hydrogens (tertiary/aromatic N) is 1. The zero-order valence-corrected chi connectivity index (χ0v) is 22.1. The minimum Gasteiger partial charge on any atom is -0.459 e.